The van der Waals surface area contributed by atoms with Crippen molar-refractivity contribution >= 4 is 34.0 Å². The first-order valence-electron chi connectivity index (χ1n) is 9.44. The maximum absolute atomic E-state index is 12.0. The zero-order chi connectivity index (χ0) is 20.5. The molecule has 0 spiro atoms. The third-order valence-electron chi connectivity index (χ3n) is 4.95. The molecular weight excluding hydrogens is 414 g/mol. The van der Waals surface area contributed by atoms with Gasteiger partial charge in [-0.15, -0.1) is 5.10 Å². The van der Waals surface area contributed by atoms with Crippen LogP contribution in [0, 0.1) is 6.92 Å². The Balaban J connectivity index is 1.66. The predicted octanol–water partition coefficient (Wildman–Crippen LogP) is 3.32. The summed E-state index contributed by atoms with van der Waals surface area (Å²) in [4.78, 5) is 21.8. The molecule has 10 heteroatoms. The topological polar surface area (TPSA) is 83.2 Å². The van der Waals surface area contributed by atoms with Crippen LogP contribution >= 0.6 is 22.9 Å². The highest BCUT2D eigenvalue weighted by Gasteiger charge is 2.32. The van der Waals surface area contributed by atoms with Crippen molar-refractivity contribution in [2.24, 2.45) is 0 Å². The van der Waals surface area contributed by atoms with Gasteiger partial charge in [0.05, 0.1) is 17.5 Å². The predicted molar refractivity (Wildman–Crippen MR) is 111 cm³/mol. The molecule has 0 radical (unpaired) electrons. The molecule has 29 heavy (non-hydrogen) atoms. The van der Waals surface area contributed by atoms with Crippen LogP contribution in [-0.2, 0) is 4.74 Å². The summed E-state index contributed by atoms with van der Waals surface area (Å²) in [7, 11) is 0. The number of thiazole rings is 1. The van der Waals surface area contributed by atoms with E-state index in [0.29, 0.717) is 48.6 Å². The molecular formula is C19H22ClN5O3S. The van der Waals surface area contributed by atoms with Crippen LogP contribution in [-0.4, -0.2) is 68.4 Å². The first-order chi connectivity index (χ1) is 14.0. The Hall–Kier alpha value is -2.36. The number of carbonyl (C=O) groups is 1. The van der Waals surface area contributed by atoms with E-state index in [4.69, 9.17) is 16.3 Å². The number of piperazine rings is 1. The van der Waals surface area contributed by atoms with Crippen molar-refractivity contribution in [1.29, 1.82) is 0 Å². The standard InChI is InChI=1S/C19H22ClN5O3S/c1-3-28-19(27)24-10-8-23(9-11-24)15(13-4-6-14(20)7-5-13)16-17(26)25-18(29-16)21-12(2)22-25/h4-7,15,26H,3,8-11H2,1-2H3/t15-/m1/s1. The molecule has 8 nitrogen and oxygen atoms in total. The SMILES string of the molecule is CCOC(=O)N1CCN([C@H](c2ccc(Cl)cc2)c2sc3nc(C)nn3c2O)CC1. The molecule has 2 aromatic heterocycles. The molecule has 154 valence electrons. The third kappa shape index (κ3) is 3.90. The number of amides is 1. The van der Waals surface area contributed by atoms with Gasteiger partial charge < -0.3 is 14.7 Å². The van der Waals surface area contributed by atoms with Gasteiger partial charge in [-0.25, -0.2) is 9.78 Å². The van der Waals surface area contributed by atoms with E-state index in [1.807, 2.05) is 24.3 Å². The summed E-state index contributed by atoms with van der Waals surface area (Å²) >= 11 is 7.50. The minimum Gasteiger partial charge on any atom is -0.492 e. The lowest BCUT2D eigenvalue weighted by atomic mass is 10.0. The van der Waals surface area contributed by atoms with Gasteiger partial charge in [-0.2, -0.15) is 4.52 Å². The number of aromatic hydroxyl groups is 1. The summed E-state index contributed by atoms with van der Waals surface area (Å²) in [5.41, 5.74) is 1.01. The Bertz CT molecular complexity index is 1010. The van der Waals surface area contributed by atoms with Gasteiger partial charge in [-0.3, -0.25) is 4.90 Å². The van der Waals surface area contributed by atoms with Crippen molar-refractivity contribution < 1.29 is 14.6 Å². The molecule has 1 amide bonds. The largest absolute Gasteiger partial charge is 0.492 e. The van der Waals surface area contributed by atoms with Crippen molar-refractivity contribution in [3.63, 3.8) is 0 Å². The number of halogens is 1. The Morgan fingerprint density at radius 1 is 1.28 bits per heavy atom. The number of nitrogens with zero attached hydrogens (tertiary/aromatic N) is 5. The lowest BCUT2D eigenvalue weighted by Crippen LogP contribution is -2.49. The van der Waals surface area contributed by atoms with Crippen LogP contribution in [0.25, 0.3) is 4.96 Å². The zero-order valence-corrected chi connectivity index (χ0v) is 17.8. The van der Waals surface area contributed by atoms with Crippen molar-refractivity contribution in [3.05, 3.63) is 45.6 Å². The number of ether oxygens (including phenoxy) is 1. The number of rotatable bonds is 4. The first kappa shape index (κ1) is 19.9. The Kier molecular flexibility index (Phi) is 5.62. The monoisotopic (exact) mass is 435 g/mol. The summed E-state index contributed by atoms with van der Waals surface area (Å²) in [6, 6.07) is 7.43. The number of hydrogen-bond acceptors (Lipinski definition) is 7. The number of benzene rings is 1. The van der Waals surface area contributed by atoms with Gasteiger partial charge in [0.1, 0.15) is 5.82 Å². The van der Waals surface area contributed by atoms with Crippen LogP contribution in [0.5, 0.6) is 5.88 Å². The molecule has 4 rings (SSSR count). The normalized spacial score (nSPS) is 16.3. The molecule has 0 aliphatic carbocycles. The number of fused-ring (bicyclic) bond motifs is 1. The van der Waals surface area contributed by atoms with Gasteiger partial charge in [0.15, 0.2) is 0 Å². The summed E-state index contributed by atoms with van der Waals surface area (Å²) in [6.45, 7) is 6.38. The average Bonchev–Trinajstić information content (AvgIpc) is 3.22. The molecule has 1 N–H and O–H groups in total. The van der Waals surface area contributed by atoms with Crippen LogP contribution < -0.4 is 0 Å². The van der Waals surface area contributed by atoms with Crippen LogP contribution in [0.4, 0.5) is 4.79 Å². The number of hydrogen-bond donors (Lipinski definition) is 1. The number of aryl methyl sites for hydroxylation is 1. The highest BCUT2D eigenvalue weighted by Crippen LogP contribution is 2.40. The molecule has 3 heterocycles. The molecule has 1 atom stereocenters. The second-order valence-electron chi connectivity index (χ2n) is 6.82. The number of carbonyl (C=O) groups excluding carboxylic acids is 1. The summed E-state index contributed by atoms with van der Waals surface area (Å²) in [5, 5.41) is 15.8. The maximum Gasteiger partial charge on any atom is 0.409 e. The lowest BCUT2D eigenvalue weighted by Gasteiger charge is -2.38. The lowest BCUT2D eigenvalue weighted by molar-refractivity contribution is 0.0715. The highest BCUT2D eigenvalue weighted by atomic mass is 35.5. The van der Waals surface area contributed by atoms with Crippen LogP contribution in [0.2, 0.25) is 5.02 Å². The van der Waals surface area contributed by atoms with Gasteiger partial charge in [0.2, 0.25) is 10.8 Å². The van der Waals surface area contributed by atoms with Gasteiger partial charge in [-0.1, -0.05) is 35.1 Å². The van der Waals surface area contributed by atoms with E-state index in [1.54, 1.807) is 18.7 Å². The van der Waals surface area contributed by atoms with E-state index in [9.17, 15) is 9.90 Å². The fourth-order valence-electron chi connectivity index (χ4n) is 3.58. The van der Waals surface area contributed by atoms with Gasteiger partial charge >= 0.3 is 6.09 Å². The second kappa shape index (κ2) is 8.17. The van der Waals surface area contributed by atoms with Crippen LogP contribution in [0.1, 0.15) is 29.2 Å². The molecule has 0 unspecified atom stereocenters. The molecule has 1 aromatic carbocycles. The van der Waals surface area contributed by atoms with E-state index in [2.05, 4.69) is 15.0 Å². The van der Waals surface area contributed by atoms with Crippen LogP contribution in [0.15, 0.2) is 24.3 Å². The minimum absolute atomic E-state index is 0.0957. The van der Waals surface area contributed by atoms with E-state index >= 15 is 0 Å². The second-order valence-corrected chi connectivity index (χ2v) is 8.26. The molecule has 3 aromatic rings. The smallest absolute Gasteiger partial charge is 0.409 e. The van der Waals surface area contributed by atoms with E-state index in [-0.39, 0.29) is 18.0 Å². The van der Waals surface area contributed by atoms with Crippen molar-refractivity contribution in [2.75, 3.05) is 32.8 Å². The average molecular weight is 436 g/mol. The van der Waals surface area contributed by atoms with Crippen molar-refractivity contribution in [2.45, 2.75) is 19.9 Å². The van der Waals surface area contributed by atoms with Crippen molar-refractivity contribution in [1.82, 2.24) is 24.4 Å². The molecule has 1 saturated heterocycles. The van der Waals surface area contributed by atoms with Gasteiger partial charge in [-0.05, 0) is 31.5 Å². The maximum atomic E-state index is 12.0. The summed E-state index contributed by atoms with van der Waals surface area (Å²) in [5.74, 6) is 0.711. The third-order valence-corrected chi connectivity index (χ3v) is 6.27. The summed E-state index contributed by atoms with van der Waals surface area (Å²) < 4.78 is 6.59. The minimum atomic E-state index is -0.285. The quantitative estimate of drug-likeness (QED) is 0.676. The fourth-order valence-corrected chi connectivity index (χ4v) is 4.87. The zero-order valence-electron chi connectivity index (χ0n) is 16.2. The molecule has 1 aliphatic rings. The van der Waals surface area contributed by atoms with Crippen LogP contribution in [0.3, 0.4) is 0 Å². The van der Waals surface area contributed by atoms with Gasteiger partial charge in [0, 0.05) is 31.2 Å². The molecule has 1 fully saturated rings. The van der Waals surface area contributed by atoms with E-state index < -0.39 is 0 Å². The Morgan fingerprint density at radius 3 is 2.59 bits per heavy atom. The first-order valence-corrected chi connectivity index (χ1v) is 10.6. The van der Waals surface area contributed by atoms with E-state index in [0.717, 1.165) is 10.4 Å². The fraction of sp³-hybridized carbons (Fsp3) is 0.421. The molecule has 0 bridgehead atoms. The highest BCUT2D eigenvalue weighted by molar-refractivity contribution is 7.17. The molecule has 1 aliphatic heterocycles. The van der Waals surface area contributed by atoms with Gasteiger partial charge in [0.25, 0.3) is 0 Å². The van der Waals surface area contributed by atoms with Crippen molar-refractivity contribution in [3.8, 4) is 5.88 Å². The Labute approximate surface area is 177 Å². The Morgan fingerprint density at radius 2 is 1.97 bits per heavy atom. The molecule has 0 saturated carbocycles. The summed E-state index contributed by atoms with van der Waals surface area (Å²) in [6.07, 6.45) is -0.285. The number of aromatic nitrogens is 3. The van der Waals surface area contributed by atoms with E-state index in [1.165, 1.54) is 15.9 Å².